The molecule has 0 saturated heterocycles. The van der Waals surface area contributed by atoms with E-state index in [9.17, 15) is 4.79 Å². The number of ether oxygens (including phenoxy) is 1. The highest BCUT2D eigenvalue weighted by atomic mass is 16.5. The van der Waals surface area contributed by atoms with E-state index in [0.29, 0.717) is 18.1 Å². The van der Waals surface area contributed by atoms with E-state index in [-0.39, 0.29) is 5.97 Å². The van der Waals surface area contributed by atoms with E-state index in [1.165, 1.54) is 44.9 Å². The first-order valence-corrected chi connectivity index (χ1v) is 8.29. The SMILES string of the molecule is CCOC(=O)c1cnc(C2CCCCCCC2)nc1CC. The number of nitrogens with zero attached hydrogens (tertiary/aromatic N) is 2. The Morgan fingerprint density at radius 2 is 1.86 bits per heavy atom. The highest BCUT2D eigenvalue weighted by molar-refractivity contribution is 5.90. The Labute approximate surface area is 127 Å². The van der Waals surface area contributed by atoms with Crippen molar-refractivity contribution in [2.24, 2.45) is 0 Å². The average Bonchev–Trinajstić information content (AvgIpc) is 2.46. The fraction of sp³-hybridized carbons (Fsp3) is 0.706. The summed E-state index contributed by atoms with van der Waals surface area (Å²) in [7, 11) is 0. The second-order valence-corrected chi connectivity index (χ2v) is 5.70. The van der Waals surface area contributed by atoms with Crippen LogP contribution in [-0.4, -0.2) is 22.5 Å². The van der Waals surface area contributed by atoms with Crippen LogP contribution < -0.4 is 0 Å². The lowest BCUT2D eigenvalue weighted by atomic mass is 9.90. The first kappa shape index (κ1) is 15.9. The molecule has 1 heterocycles. The smallest absolute Gasteiger partial charge is 0.341 e. The lowest BCUT2D eigenvalue weighted by Crippen LogP contribution is -2.14. The van der Waals surface area contributed by atoms with Gasteiger partial charge >= 0.3 is 5.97 Å². The first-order chi connectivity index (χ1) is 10.3. The van der Waals surface area contributed by atoms with E-state index in [2.05, 4.69) is 9.97 Å². The molecule has 1 aromatic rings. The molecule has 4 heteroatoms. The molecule has 1 aliphatic carbocycles. The maximum absolute atomic E-state index is 11.9. The Balaban J connectivity index is 2.18. The molecular formula is C17H26N2O2. The Kier molecular flexibility index (Phi) is 6.15. The lowest BCUT2D eigenvalue weighted by Gasteiger charge is -2.19. The van der Waals surface area contributed by atoms with Gasteiger partial charge in [0.25, 0.3) is 0 Å². The van der Waals surface area contributed by atoms with Crippen LogP contribution >= 0.6 is 0 Å². The summed E-state index contributed by atoms with van der Waals surface area (Å²) in [6.45, 7) is 4.21. The highest BCUT2D eigenvalue weighted by Crippen LogP contribution is 2.29. The number of esters is 1. The summed E-state index contributed by atoms with van der Waals surface area (Å²) >= 11 is 0. The van der Waals surface area contributed by atoms with E-state index in [1.54, 1.807) is 6.20 Å². The quantitative estimate of drug-likeness (QED) is 0.785. The zero-order valence-electron chi connectivity index (χ0n) is 13.2. The minimum atomic E-state index is -0.307. The molecule has 21 heavy (non-hydrogen) atoms. The summed E-state index contributed by atoms with van der Waals surface area (Å²) in [6.07, 6.45) is 11.2. The molecule has 1 aliphatic rings. The van der Waals surface area contributed by atoms with Gasteiger partial charge in [0.15, 0.2) is 0 Å². The molecule has 1 fully saturated rings. The standard InChI is InChI=1S/C17H26N2O2/c1-3-15-14(17(20)21-4-2)12-18-16(19-15)13-10-8-6-5-7-9-11-13/h12-13H,3-11H2,1-2H3. The number of aryl methyl sites for hydroxylation is 1. The maximum Gasteiger partial charge on any atom is 0.341 e. The van der Waals surface area contributed by atoms with Crippen molar-refractivity contribution < 1.29 is 9.53 Å². The van der Waals surface area contributed by atoms with Gasteiger partial charge in [0.2, 0.25) is 0 Å². The van der Waals surface area contributed by atoms with E-state index in [0.717, 1.165) is 17.9 Å². The van der Waals surface area contributed by atoms with Crippen molar-refractivity contribution in [3.8, 4) is 0 Å². The van der Waals surface area contributed by atoms with Crippen molar-refractivity contribution >= 4 is 5.97 Å². The third-order valence-electron chi connectivity index (χ3n) is 4.19. The van der Waals surface area contributed by atoms with Crippen LogP contribution in [0.25, 0.3) is 0 Å². The highest BCUT2D eigenvalue weighted by Gasteiger charge is 2.20. The molecule has 1 aromatic heterocycles. The van der Waals surface area contributed by atoms with Crippen molar-refractivity contribution in [3.05, 3.63) is 23.3 Å². The van der Waals surface area contributed by atoms with Gasteiger partial charge < -0.3 is 4.74 Å². The van der Waals surface area contributed by atoms with Crippen molar-refractivity contribution in [1.29, 1.82) is 0 Å². The third kappa shape index (κ3) is 4.26. The molecule has 0 bridgehead atoms. The normalized spacial score (nSPS) is 17.0. The third-order valence-corrected chi connectivity index (χ3v) is 4.19. The summed E-state index contributed by atoms with van der Waals surface area (Å²) < 4.78 is 5.07. The van der Waals surface area contributed by atoms with Gasteiger partial charge in [0.1, 0.15) is 5.82 Å². The largest absolute Gasteiger partial charge is 0.462 e. The molecule has 0 spiro atoms. The van der Waals surface area contributed by atoms with Gasteiger partial charge in [-0.05, 0) is 26.2 Å². The van der Waals surface area contributed by atoms with Crippen LogP contribution in [0.2, 0.25) is 0 Å². The molecule has 0 unspecified atom stereocenters. The van der Waals surface area contributed by atoms with Gasteiger partial charge in [-0.2, -0.15) is 0 Å². The van der Waals surface area contributed by atoms with E-state index in [4.69, 9.17) is 4.74 Å². The Morgan fingerprint density at radius 3 is 2.48 bits per heavy atom. The van der Waals surface area contributed by atoms with Gasteiger partial charge in [-0.1, -0.05) is 39.0 Å². The zero-order chi connectivity index (χ0) is 15.1. The summed E-state index contributed by atoms with van der Waals surface area (Å²) in [4.78, 5) is 21.1. The number of hydrogen-bond acceptors (Lipinski definition) is 4. The van der Waals surface area contributed by atoms with Crippen LogP contribution in [0.5, 0.6) is 0 Å². The molecule has 2 rings (SSSR count). The summed E-state index contributed by atoms with van der Waals surface area (Å²) in [5.41, 5.74) is 1.34. The number of carbonyl (C=O) groups is 1. The lowest BCUT2D eigenvalue weighted by molar-refractivity contribution is 0.0524. The van der Waals surface area contributed by atoms with Crippen LogP contribution in [-0.2, 0) is 11.2 Å². The Bertz CT molecular complexity index is 466. The fourth-order valence-electron chi connectivity index (χ4n) is 2.99. The van der Waals surface area contributed by atoms with E-state index < -0.39 is 0 Å². The monoisotopic (exact) mass is 290 g/mol. The minimum absolute atomic E-state index is 0.307. The molecule has 0 aliphatic heterocycles. The van der Waals surface area contributed by atoms with Crippen LogP contribution in [0.4, 0.5) is 0 Å². The van der Waals surface area contributed by atoms with Crippen LogP contribution in [0.3, 0.4) is 0 Å². The molecule has 0 radical (unpaired) electrons. The predicted molar refractivity (Wildman–Crippen MR) is 82.4 cm³/mol. The molecule has 0 N–H and O–H groups in total. The summed E-state index contributed by atoms with van der Waals surface area (Å²) in [6, 6.07) is 0. The molecule has 0 aromatic carbocycles. The number of hydrogen-bond donors (Lipinski definition) is 0. The van der Waals surface area contributed by atoms with E-state index >= 15 is 0 Å². The number of aromatic nitrogens is 2. The van der Waals surface area contributed by atoms with Crippen molar-refractivity contribution in [2.75, 3.05) is 6.61 Å². The average molecular weight is 290 g/mol. The van der Waals surface area contributed by atoms with Crippen LogP contribution in [0.1, 0.15) is 86.6 Å². The maximum atomic E-state index is 11.9. The van der Waals surface area contributed by atoms with Crippen molar-refractivity contribution in [2.45, 2.75) is 71.1 Å². The molecule has 4 nitrogen and oxygen atoms in total. The van der Waals surface area contributed by atoms with Gasteiger partial charge in [0.05, 0.1) is 17.9 Å². The van der Waals surface area contributed by atoms with Crippen LogP contribution in [0, 0.1) is 0 Å². The van der Waals surface area contributed by atoms with Crippen LogP contribution in [0.15, 0.2) is 6.20 Å². The minimum Gasteiger partial charge on any atom is -0.462 e. The Hall–Kier alpha value is -1.45. The molecule has 1 saturated carbocycles. The second-order valence-electron chi connectivity index (χ2n) is 5.70. The number of rotatable bonds is 4. The van der Waals surface area contributed by atoms with Gasteiger partial charge in [-0.15, -0.1) is 0 Å². The molecular weight excluding hydrogens is 264 g/mol. The summed E-state index contributed by atoms with van der Waals surface area (Å²) in [5.74, 6) is 1.06. The van der Waals surface area contributed by atoms with Gasteiger partial charge in [-0.3, -0.25) is 0 Å². The Morgan fingerprint density at radius 1 is 1.19 bits per heavy atom. The van der Waals surface area contributed by atoms with E-state index in [1.807, 2.05) is 13.8 Å². The van der Waals surface area contributed by atoms with Gasteiger partial charge in [-0.25, -0.2) is 14.8 Å². The van der Waals surface area contributed by atoms with Crippen molar-refractivity contribution in [3.63, 3.8) is 0 Å². The fourth-order valence-corrected chi connectivity index (χ4v) is 2.99. The molecule has 0 amide bonds. The van der Waals surface area contributed by atoms with Crippen molar-refractivity contribution in [1.82, 2.24) is 9.97 Å². The molecule has 0 atom stereocenters. The zero-order valence-corrected chi connectivity index (χ0v) is 13.2. The topological polar surface area (TPSA) is 52.1 Å². The summed E-state index contributed by atoms with van der Waals surface area (Å²) in [5, 5.41) is 0. The second kappa shape index (κ2) is 8.11. The molecule has 116 valence electrons. The first-order valence-electron chi connectivity index (χ1n) is 8.29. The van der Waals surface area contributed by atoms with Gasteiger partial charge in [0, 0.05) is 12.1 Å². The number of carbonyl (C=O) groups excluding carboxylic acids is 1. The predicted octanol–water partition coefficient (Wildman–Crippen LogP) is 4.04.